The monoisotopic (exact) mass is 263 g/mol. The summed E-state index contributed by atoms with van der Waals surface area (Å²) in [4.78, 5) is 22.8. The van der Waals surface area contributed by atoms with Gasteiger partial charge in [-0.1, -0.05) is 18.2 Å². The Morgan fingerprint density at radius 2 is 1.89 bits per heavy atom. The van der Waals surface area contributed by atoms with Gasteiger partial charge in [-0.3, -0.25) is 9.59 Å². The van der Waals surface area contributed by atoms with E-state index in [0.29, 0.717) is 18.5 Å². The van der Waals surface area contributed by atoms with Crippen molar-refractivity contribution in [3.63, 3.8) is 0 Å². The summed E-state index contributed by atoms with van der Waals surface area (Å²) in [6.07, 6.45) is 1.05. The van der Waals surface area contributed by atoms with E-state index < -0.39 is 5.91 Å². The van der Waals surface area contributed by atoms with Crippen LogP contribution in [0.15, 0.2) is 24.3 Å². The Bertz CT molecular complexity index is 464. The number of carbonyl (C=O) groups excluding carboxylic acids is 2. The minimum Gasteiger partial charge on any atom is -0.369 e. The van der Waals surface area contributed by atoms with Gasteiger partial charge < -0.3 is 16.8 Å². The molecule has 1 rings (SSSR count). The molecule has 0 aliphatic heterocycles. The van der Waals surface area contributed by atoms with Crippen LogP contribution in [-0.2, 0) is 16.0 Å². The van der Waals surface area contributed by atoms with Crippen LogP contribution in [0.2, 0.25) is 0 Å². The van der Waals surface area contributed by atoms with E-state index in [9.17, 15) is 9.59 Å². The average molecular weight is 263 g/mol. The van der Waals surface area contributed by atoms with Crippen LogP contribution in [0.1, 0.15) is 32.3 Å². The maximum absolute atomic E-state index is 11.8. The van der Waals surface area contributed by atoms with Crippen molar-refractivity contribution in [2.45, 2.75) is 38.6 Å². The van der Waals surface area contributed by atoms with Crippen LogP contribution in [0.5, 0.6) is 0 Å². The first-order valence-corrected chi connectivity index (χ1v) is 6.23. The lowest BCUT2D eigenvalue weighted by molar-refractivity contribution is -0.118. The Morgan fingerprint density at radius 3 is 2.47 bits per heavy atom. The summed E-state index contributed by atoms with van der Waals surface area (Å²) in [6, 6.07) is 7.13. The average Bonchev–Trinajstić information content (AvgIpc) is 2.27. The van der Waals surface area contributed by atoms with E-state index in [1.54, 1.807) is 24.3 Å². The zero-order valence-electron chi connectivity index (χ0n) is 11.4. The van der Waals surface area contributed by atoms with Gasteiger partial charge >= 0.3 is 0 Å². The van der Waals surface area contributed by atoms with Gasteiger partial charge in [0, 0.05) is 17.6 Å². The molecule has 0 fully saturated rings. The largest absolute Gasteiger partial charge is 0.369 e. The molecule has 1 aromatic carbocycles. The minimum absolute atomic E-state index is 0.110. The first-order chi connectivity index (χ1) is 8.78. The second-order valence-electron chi connectivity index (χ2n) is 5.34. The van der Waals surface area contributed by atoms with Crippen LogP contribution >= 0.6 is 0 Å². The lowest BCUT2D eigenvalue weighted by atomic mass is 10.00. The van der Waals surface area contributed by atoms with Gasteiger partial charge in [0.2, 0.25) is 11.8 Å². The highest BCUT2D eigenvalue weighted by molar-refractivity contribution is 5.92. The third kappa shape index (κ3) is 6.01. The molecule has 0 saturated carbocycles. The smallest absolute Gasteiger partial charge is 0.224 e. The van der Waals surface area contributed by atoms with Gasteiger partial charge in [0.1, 0.15) is 0 Å². The molecule has 0 unspecified atom stereocenters. The lowest BCUT2D eigenvalue weighted by Crippen LogP contribution is -2.33. The number of primary amides is 1. The van der Waals surface area contributed by atoms with Crippen molar-refractivity contribution in [2.75, 3.05) is 5.32 Å². The third-order valence-corrected chi connectivity index (χ3v) is 2.65. The van der Waals surface area contributed by atoms with Crippen molar-refractivity contribution in [1.29, 1.82) is 0 Å². The summed E-state index contributed by atoms with van der Waals surface area (Å²) in [5.41, 5.74) is 12.0. The van der Waals surface area contributed by atoms with Gasteiger partial charge in [0.15, 0.2) is 0 Å². The molecule has 0 heterocycles. The molecule has 0 saturated heterocycles. The van der Waals surface area contributed by atoms with Gasteiger partial charge in [-0.2, -0.15) is 0 Å². The van der Waals surface area contributed by atoms with Crippen LogP contribution in [0.4, 0.5) is 5.69 Å². The van der Waals surface area contributed by atoms with Crippen molar-refractivity contribution >= 4 is 17.5 Å². The molecule has 0 radical (unpaired) electrons. The van der Waals surface area contributed by atoms with Crippen molar-refractivity contribution in [3.8, 4) is 0 Å². The van der Waals surface area contributed by atoms with E-state index in [1.807, 2.05) is 13.8 Å². The molecule has 0 atom stereocenters. The number of para-hydroxylation sites is 1. The summed E-state index contributed by atoms with van der Waals surface area (Å²) in [5, 5.41) is 2.79. The van der Waals surface area contributed by atoms with Crippen molar-refractivity contribution in [3.05, 3.63) is 29.8 Å². The van der Waals surface area contributed by atoms with Gasteiger partial charge in [-0.05, 0) is 31.9 Å². The predicted octanol–water partition coefficient (Wildman–Crippen LogP) is 1.17. The van der Waals surface area contributed by atoms with Gasteiger partial charge in [0.05, 0.1) is 6.42 Å². The molecule has 0 aliphatic rings. The highest BCUT2D eigenvalue weighted by Gasteiger charge is 2.14. The number of benzene rings is 1. The quantitative estimate of drug-likeness (QED) is 0.718. The van der Waals surface area contributed by atoms with E-state index in [-0.39, 0.29) is 17.9 Å². The molecule has 5 nitrogen and oxygen atoms in total. The van der Waals surface area contributed by atoms with E-state index >= 15 is 0 Å². The molecule has 0 spiro atoms. The molecule has 5 heteroatoms. The van der Waals surface area contributed by atoms with Gasteiger partial charge in [0.25, 0.3) is 0 Å². The maximum Gasteiger partial charge on any atom is 0.224 e. The molecule has 19 heavy (non-hydrogen) atoms. The summed E-state index contributed by atoms with van der Waals surface area (Å²) in [7, 11) is 0. The van der Waals surface area contributed by atoms with Crippen LogP contribution in [0, 0.1) is 0 Å². The van der Waals surface area contributed by atoms with Gasteiger partial charge in [-0.25, -0.2) is 0 Å². The Hall–Kier alpha value is -1.88. The number of hydrogen-bond donors (Lipinski definition) is 3. The van der Waals surface area contributed by atoms with Crippen LogP contribution < -0.4 is 16.8 Å². The lowest BCUT2D eigenvalue weighted by Gasteiger charge is -2.18. The van der Waals surface area contributed by atoms with E-state index in [1.165, 1.54) is 0 Å². The number of hydrogen-bond acceptors (Lipinski definition) is 3. The number of nitrogens with two attached hydrogens (primary N) is 2. The number of anilines is 1. The number of nitrogens with one attached hydrogen (secondary N) is 1. The SMILES string of the molecule is CC(C)(N)CCC(=O)Nc1ccccc1CC(N)=O. The molecule has 2 amide bonds. The highest BCUT2D eigenvalue weighted by Crippen LogP contribution is 2.16. The normalized spacial score (nSPS) is 11.1. The Morgan fingerprint density at radius 1 is 1.26 bits per heavy atom. The molecule has 0 bridgehead atoms. The molecule has 5 N–H and O–H groups in total. The Labute approximate surface area is 113 Å². The Kier molecular flexibility index (Phi) is 5.06. The minimum atomic E-state index is -0.426. The number of rotatable bonds is 6. The molecule has 1 aromatic rings. The molecular formula is C14H21N3O2. The van der Waals surface area contributed by atoms with Crippen molar-refractivity contribution in [2.24, 2.45) is 11.5 Å². The van der Waals surface area contributed by atoms with Crippen LogP contribution in [0.3, 0.4) is 0 Å². The summed E-state index contributed by atoms with van der Waals surface area (Å²) in [6.45, 7) is 3.75. The first kappa shape index (κ1) is 15.2. The second kappa shape index (κ2) is 6.33. The van der Waals surface area contributed by atoms with Crippen LogP contribution in [0.25, 0.3) is 0 Å². The van der Waals surface area contributed by atoms with E-state index in [4.69, 9.17) is 11.5 Å². The fourth-order valence-corrected chi connectivity index (χ4v) is 1.63. The molecule has 0 aliphatic carbocycles. The topological polar surface area (TPSA) is 98.2 Å². The first-order valence-electron chi connectivity index (χ1n) is 6.23. The molecule has 0 aromatic heterocycles. The summed E-state index contributed by atoms with van der Waals surface area (Å²) in [5.74, 6) is -0.541. The predicted molar refractivity (Wildman–Crippen MR) is 75.5 cm³/mol. The zero-order valence-corrected chi connectivity index (χ0v) is 11.4. The number of amides is 2. The van der Waals surface area contributed by atoms with Crippen molar-refractivity contribution < 1.29 is 9.59 Å². The van der Waals surface area contributed by atoms with Crippen molar-refractivity contribution in [1.82, 2.24) is 0 Å². The van der Waals surface area contributed by atoms with Crippen LogP contribution in [-0.4, -0.2) is 17.4 Å². The summed E-state index contributed by atoms with van der Waals surface area (Å²) >= 11 is 0. The molecule has 104 valence electrons. The Balaban J connectivity index is 2.66. The van der Waals surface area contributed by atoms with E-state index in [0.717, 1.165) is 5.56 Å². The molecular weight excluding hydrogens is 242 g/mol. The standard InChI is InChI=1S/C14H21N3O2/c1-14(2,16)8-7-13(19)17-11-6-4-3-5-10(11)9-12(15)18/h3-6H,7-9,16H2,1-2H3,(H2,15,18)(H,17,19). The second-order valence-corrected chi connectivity index (χ2v) is 5.34. The fourth-order valence-electron chi connectivity index (χ4n) is 1.63. The fraction of sp³-hybridized carbons (Fsp3) is 0.429. The third-order valence-electron chi connectivity index (χ3n) is 2.65. The highest BCUT2D eigenvalue weighted by atomic mass is 16.2. The summed E-state index contributed by atoms with van der Waals surface area (Å²) < 4.78 is 0. The zero-order chi connectivity index (χ0) is 14.5. The number of carbonyl (C=O) groups is 2. The van der Waals surface area contributed by atoms with E-state index in [2.05, 4.69) is 5.32 Å². The maximum atomic E-state index is 11.8. The van der Waals surface area contributed by atoms with Gasteiger partial charge in [-0.15, -0.1) is 0 Å².